The Balaban J connectivity index is 0.00000169. The molecule has 4 N–H and O–H groups in total. The molecule has 1 saturated heterocycles. The molecule has 3 rings (SSSR count). The van der Waals surface area contributed by atoms with Crippen molar-refractivity contribution in [1.82, 2.24) is 14.2 Å². The predicted molar refractivity (Wildman–Crippen MR) is 109 cm³/mol. The summed E-state index contributed by atoms with van der Waals surface area (Å²) in [5.41, 5.74) is 5.42. The molecule has 2 aromatic rings. The standard InChI is InChI=1S/C16H22N4O3S.2ClH/c17-11-16(21)19-7-2-8-20(10-9-19)24(22,23)15-4-1-3-13-12-18-6-5-14(13)15;;/h1,3-6,12,22-23H,2,7-11,17H2;2*1H. The van der Waals surface area contributed by atoms with E-state index in [-0.39, 0.29) is 37.3 Å². The SMILES string of the molecule is Cl.Cl.NCC(=O)N1CCCN(S(O)(O)c2cccc3cnccc23)CC1. The third kappa shape index (κ3) is 4.58. The molecule has 1 aliphatic heterocycles. The number of pyridine rings is 1. The fourth-order valence-electron chi connectivity index (χ4n) is 3.00. The van der Waals surface area contributed by atoms with Crippen molar-refractivity contribution in [2.45, 2.75) is 11.3 Å². The Morgan fingerprint density at radius 1 is 1.15 bits per heavy atom. The van der Waals surface area contributed by atoms with E-state index in [0.717, 1.165) is 10.8 Å². The molecule has 0 saturated carbocycles. The quantitative estimate of drug-likeness (QED) is 0.702. The van der Waals surface area contributed by atoms with Gasteiger partial charge in [0.15, 0.2) is 0 Å². The van der Waals surface area contributed by atoms with Gasteiger partial charge in [0.25, 0.3) is 0 Å². The van der Waals surface area contributed by atoms with Crippen LogP contribution in [0.3, 0.4) is 0 Å². The Labute approximate surface area is 166 Å². The van der Waals surface area contributed by atoms with Crippen LogP contribution >= 0.6 is 35.6 Å². The van der Waals surface area contributed by atoms with Crippen LogP contribution in [0.5, 0.6) is 0 Å². The molecule has 0 atom stereocenters. The Hall–Kier alpha value is -1.13. The lowest BCUT2D eigenvalue weighted by molar-refractivity contribution is -0.129. The maximum absolute atomic E-state index is 11.8. The second-order valence-corrected chi connectivity index (χ2v) is 7.73. The normalized spacial score (nSPS) is 16.3. The van der Waals surface area contributed by atoms with Gasteiger partial charge in [-0.1, -0.05) is 12.1 Å². The smallest absolute Gasteiger partial charge is 0.236 e. The van der Waals surface area contributed by atoms with Gasteiger partial charge in [0.05, 0.1) is 11.4 Å². The minimum atomic E-state index is -3.13. The lowest BCUT2D eigenvalue weighted by Gasteiger charge is -2.43. The zero-order chi connectivity index (χ0) is 17.2. The first-order chi connectivity index (χ1) is 11.5. The van der Waals surface area contributed by atoms with Gasteiger partial charge in [-0.2, -0.15) is 0 Å². The van der Waals surface area contributed by atoms with E-state index in [0.29, 0.717) is 37.5 Å². The Morgan fingerprint density at radius 3 is 2.65 bits per heavy atom. The summed E-state index contributed by atoms with van der Waals surface area (Å²) in [6.07, 6.45) is 4.03. The number of hydrogen-bond donors (Lipinski definition) is 3. The molecule has 1 aromatic carbocycles. The first kappa shape index (κ1) is 22.9. The average Bonchev–Trinajstić information content (AvgIpc) is 2.87. The van der Waals surface area contributed by atoms with Crippen molar-refractivity contribution in [3.8, 4) is 0 Å². The highest BCUT2D eigenvalue weighted by Gasteiger charge is 2.29. The lowest BCUT2D eigenvalue weighted by Crippen LogP contribution is -2.39. The van der Waals surface area contributed by atoms with E-state index in [4.69, 9.17) is 5.73 Å². The van der Waals surface area contributed by atoms with Crippen molar-refractivity contribution in [1.29, 1.82) is 0 Å². The minimum absolute atomic E-state index is 0. The van der Waals surface area contributed by atoms with Gasteiger partial charge in [-0.05, 0) is 18.6 Å². The molecule has 1 aliphatic rings. The molecule has 0 radical (unpaired) electrons. The summed E-state index contributed by atoms with van der Waals surface area (Å²) in [5, 5.41) is 1.65. The molecule has 0 spiro atoms. The molecule has 0 unspecified atom stereocenters. The fraction of sp³-hybridized carbons (Fsp3) is 0.375. The molecule has 0 bridgehead atoms. The van der Waals surface area contributed by atoms with Crippen LogP contribution in [0.25, 0.3) is 10.8 Å². The van der Waals surface area contributed by atoms with Gasteiger partial charge in [0.1, 0.15) is 0 Å². The lowest BCUT2D eigenvalue weighted by atomic mass is 10.2. The molecule has 0 aliphatic carbocycles. The maximum atomic E-state index is 11.8. The molecule has 26 heavy (non-hydrogen) atoms. The predicted octanol–water partition coefficient (Wildman–Crippen LogP) is 2.60. The molecule has 1 fully saturated rings. The maximum Gasteiger partial charge on any atom is 0.236 e. The zero-order valence-electron chi connectivity index (χ0n) is 14.2. The third-order valence-corrected chi connectivity index (χ3v) is 6.31. The molecule has 2 heterocycles. The summed E-state index contributed by atoms with van der Waals surface area (Å²) >= 11 is 0. The van der Waals surface area contributed by atoms with Gasteiger partial charge >= 0.3 is 0 Å². The Kier molecular flexibility index (Phi) is 8.55. The van der Waals surface area contributed by atoms with Gasteiger partial charge in [-0.25, -0.2) is 4.31 Å². The summed E-state index contributed by atoms with van der Waals surface area (Å²) in [6, 6.07) is 7.23. The van der Waals surface area contributed by atoms with Crippen molar-refractivity contribution in [2.75, 3.05) is 32.7 Å². The van der Waals surface area contributed by atoms with Crippen LogP contribution in [0, 0.1) is 0 Å². The molecule has 7 nitrogen and oxygen atoms in total. The van der Waals surface area contributed by atoms with E-state index < -0.39 is 10.8 Å². The number of carbonyl (C=O) groups is 1. The van der Waals surface area contributed by atoms with Crippen molar-refractivity contribution < 1.29 is 13.9 Å². The van der Waals surface area contributed by atoms with E-state index in [1.807, 2.05) is 6.07 Å². The van der Waals surface area contributed by atoms with Crippen molar-refractivity contribution in [3.63, 3.8) is 0 Å². The molecular weight excluding hydrogens is 399 g/mol. The molecule has 1 aromatic heterocycles. The fourth-order valence-corrected chi connectivity index (χ4v) is 4.74. The second-order valence-electron chi connectivity index (χ2n) is 5.74. The average molecular weight is 423 g/mol. The highest BCUT2D eigenvalue weighted by atomic mass is 35.5. The van der Waals surface area contributed by atoms with Gasteiger partial charge in [0, 0.05) is 49.3 Å². The zero-order valence-corrected chi connectivity index (χ0v) is 16.6. The third-order valence-electron chi connectivity index (χ3n) is 4.28. The van der Waals surface area contributed by atoms with Crippen LogP contribution in [0.2, 0.25) is 0 Å². The van der Waals surface area contributed by atoms with Crippen LogP contribution in [0.15, 0.2) is 41.6 Å². The summed E-state index contributed by atoms with van der Waals surface area (Å²) < 4.78 is 23.5. The largest absolute Gasteiger partial charge is 0.340 e. The highest BCUT2D eigenvalue weighted by molar-refractivity contribution is 8.22. The first-order valence-electron chi connectivity index (χ1n) is 7.88. The molecule has 146 valence electrons. The van der Waals surface area contributed by atoms with Gasteiger partial charge in [-0.3, -0.25) is 18.9 Å². The monoisotopic (exact) mass is 422 g/mol. The van der Waals surface area contributed by atoms with E-state index >= 15 is 0 Å². The molecular formula is C16H24Cl2N4O3S. The Bertz CT molecular complexity index is 745. The number of hydrogen-bond acceptors (Lipinski definition) is 6. The van der Waals surface area contributed by atoms with Crippen molar-refractivity contribution in [3.05, 3.63) is 36.7 Å². The number of halogens is 2. The number of nitrogens with zero attached hydrogens (tertiary/aromatic N) is 3. The van der Waals surface area contributed by atoms with E-state index in [9.17, 15) is 13.9 Å². The molecule has 1 amide bonds. The van der Waals surface area contributed by atoms with Gasteiger partial charge in [-0.15, -0.1) is 35.6 Å². The van der Waals surface area contributed by atoms with Crippen LogP contribution in [-0.4, -0.2) is 61.9 Å². The topological polar surface area (TPSA) is 103 Å². The van der Waals surface area contributed by atoms with Gasteiger partial charge in [0.2, 0.25) is 5.91 Å². The number of nitrogens with two attached hydrogens (primary N) is 1. The van der Waals surface area contributed by atoms with E-state index in [2.05, 4.69) is 4.98 Å². The first-order valence-corrected chi connectivity index (χ1v) is 9.38. The number of rotatable bonds is 3. The summed E-state index contributed by atoms with van der Waals surface area (Å²) in [7, 11) is -3.13. The van der Waals surface area contributed by atoms with Crippen LogP contribution in [0.4, 0.5) is 0 Å². The van der Waals surface area contributed by atoms with E-state index in [1.54, 1.807) is 39.8 Å². The van der Waals surface area contributed by atoms with Gasteiger partial charge < -0.3 is 10.6 Å². The summed E-state index contributed by atoms with van der Waals surface area (Å²) in [6.45, 7) is 1.92. The number of amides is 1. The van der Waals surface area contributed by atoms with E-state index in [1.165, 1.54) is 0 Å². The number of aromatic nitrogens is 1. The highest BCUT2D eigenvalue weighted by Crippen LogP contribution is 2.54. The second kappa shape index (κ2) is 9.70. The number of benzene rings is 1. The van der Waals surface area contributed by atoms with Crippen LogP contribution in [-0.2, 0) is 4.79 Å². The minimum Gasteiger partial charge on any atom is -0.340 e. The van der Waals surface area contributed by atoms with Crippen molar-refractivity contribution in [2.24, 2.45) is 5.73 Å². The Morgan fingerprint density at radius 2 is 1.92 bits per heavy atom. The number of carbonyl (C=O) groups excluding carboxylic acids is 1. The van der Waals surface area contributed by atoms with Crippen LogP contribution < -0.4 is 5.73 Å². The van der Waals surface area contributed by atoms with Crippen LogP contribution in [0.1, 0.15) is 6.42 Å². The summed E-state index contributed by atoms with van der Waals surface area (Å²) in [4.78, 5) is 18.0. The number of fused-ring (bicyclic) bond motifs is 1. The summed E-state index contributed by atoms with van der Waals surface area (Å²) in [5.74, 6) is -0.107. The molecule has 10 heteroatoms. The van der Waals surface area contributed by atoms with Crippen molar-refractivity contribution >= 4 is 52.3 Å².